The molecule has 2 fully saturated rings. The molecule has 0 bridgehead atoms. The first-order chi connectivity index (χ1) is 12.6. The summed E-state index contributed by atoms with van der Waals surface area (Å²) in [4.78, 5) is 26.8. The van der Waals surface area contributed by atoms with Crippen LogP contribution in [0.2, 0.25) is 0 Å². The highest BCUT2D eigenvalue weighted by Gasteiger charge is 2.36. The molecular formula is C20H28N2O4. The number of anilines is 1. The van der Waals surface area contributed by atoms with Crippen molar-refractivity contribution < 1.29 is 19.1 Å². The summed E-state index contributed by atoms with van der Waals surface area (Å²) in [6, 6.07) is 5.48. The van der Waals surface area contributed by atoms with Crippen molar-refractivity contribution in [1.29, 1.82) is 0 Å². The maximum Gasteiger partial charge on any atom is 0.411 e. The molecule has 6 heteroatoms. The van der Waals surface area contributed by atoms with Crippen LogP contribution in [-0.2, 0) is 4.74 Å². The Morgan fingerprint density at radius 1 is 1.19 bits per heavy atom. The molecule has 2 aliphatic rings. The van der Waals surface area contributed by atoms with Crippen LogP contribution in [0.25, 0.3) is 0 Å². The van der Waals surface area contributed by atoms with Gasteiger partial charge < -0.3 is 14.4 Å². The van der Waals surface area contributed by atoms with Crippen LogP contribution in [0, 0.1) is 5.92 Å². The summed E-state index contributed by atoms with van der Waals surface area (Å²) in [7, 11) is 1.54. The molecule has 2 atom stereocenters. The molecule has 26 heavy (non-hydrogen) atoms. The number of fused-ring (bicyclic) bond motifs is 1. The van der Waals surface area contributed by atoms with Gasteiger partial charge >= 0.3 is 6.09 Å². The highest BCUT2D eigenvalue weighted by Crippen LogP contribution is 2.37. The van der Waals surface area contributed by atoms with Gasteiger partial charge in [0.2, 0.25) is 0 Å². The summed E-state index contributed by atoms with van der Waals surface area (Å²) in [6.07, 6.45) is 6.58. The molecule has 0 spiro atoms. The summed E-state index contributed by atoms with van der Waals surface area (Å²) >= 11 is 0. The maximum absolute atomic E-state index is 13.2. The first-order valence-corrected chi connectivity index (χ1v) is 9.56. The molecule has 2 amide bonds. The Morgan fingerprint density at radius 2 is 1.96 bits per heavy atom. The van der Waals surface area contributed by atoms with Crippen LogP contribution in [0.15, 0.2) is 18.2 Å². The third kappa shape index (κ3) is 3.94. The number of hydrogen-bond donors (Lipinski definition) is 1. The van der Waals surface area contributed by atoms with E-state index in [0.29, 0.717) is 35.6 Å². The molecule has 3 rings (SSSR count). The second-order valence-corrected chi connectivity index (χ2v) is 7.01. The summed E-state index contributed by atoms with van der Waals surface area (Å²) in [5.74, 6) is 1.14. The number of hydrogen-bond acceptors (Lipinski definition) is 4. The number of piperidine rings is 1. The van der Waals surface area contributed by atoms with Crippen LogP contribution in [0.5, 0.6) is 5.75 Å². The minimum atomic E-state index is -0.519. The van der Waals surface area contributed by atoms with Gasteiger partial charge in [0.1, 0.15) is 5.75 Å². The second kappa shape index (κ2) is 8.43. The minimum absolute atomic E-state index is 0.0288. The third-order valence-corrected chi connectivity index (χ3v) is 5.46. The van der Waals surface area contributed by atoms with E-state index in [-0.39, 0.29) is 5.91 Å². The van der Waals surface area contributed by atoms with Crippen molar-refractivity contribution in [3.8, 4) is 5.75 Å². The zero-order valence-corrected chi connectivity index (χ0v) is 15.6. The smallest absolute Gasteiger partial charge is 0.411 e. The Bertz CT molecular complexity index is 659. The summed E-state index contributed by atoms with van der Waals surface area (Å²) < 4.78 is 10.3. The number of benzene rings is 1. The maximum atomic E-state index is 13.2. The lowest BCUT2D eigenvalue weighted by atomic mass is 9.78. The Hall–Kier alpha value is -2.24. The number of ether oxygens (including phenoxy) is 2. The van der Waals surface area contributed by atoms with Crippen LogP contribution in [-0.4, -0.2) is 43.2 Å². The Kier molecular flexibility index (Phi) is 6.01. The van der Waals surface area contributed by atoms with Gasteiger partial charge in [-0.25, -0.2) is 4.79 Å². The van der Waals surface area contributed by atoms with Crippen molar-refractivity contribution in [3.05, 3.63) is 23.8 Å². The fourth-order valence-electron chi connectivity index (χ4n) is 4.26. The van der Waals surface area contributed by atoms with E-state index in [1.165, 1.54) is 25.7 Å². The number of carbonyl (C=O) groups excluding carboxylic acids is 2. The van der Waals surface area contributed by atoms with E-state index in [1.54, 1.807) is 32.2 Å². The lowest BCUT2D eigenvalue weighted by molar-refractivity contribution is 0.0388. The first kappa shape index (κ1) is 18.5. The average molecular weight is 360 g/mol. The molecule has 1 aliphatic carbocycles. The normalized spacial score (nSPS) is 22.3. The van der Waals surface area contributed by atoms with Crippen LogP contribution >= 0.6 is 0 Å². The fourth-order valence-corrected chi connectivity index (χ4v) is 4.26. The zero-order chi connectivity index (χ0) is 18.5. The van der Waals surface area contributed by atoms with E-state index in [9.17, 15) is 9.59 Å². The Labute approximate surface area is 154 Å². The molecule has 1 saturated heterocycles. The quantitative estimate of drug-likeness (QED) is 0.879. The highest BCUT2D eigenvalue weighted by molar-refractivity contribution is 5.98. The number of nitrogens with one attached hydrogen (secondary N) is 1. The monoisotopic (exact) mass is 360 g/mol. The molecule has 2 unspecified atom stereocenters. The molecule has 1 N–H and O–H groups in total. The van der Waals surface area contributed by atoms with Crippen LogP contribution in [0.1, 0.15) is 55.8 Å². The summed E-state index contributed by atoms with van der Waals surface area (Å²) in [5.41, 5.74) is 1.10. The standard InChI is InChI=1S/C20H28N2O4/c1-3-26-20(24)21-15-10-11-16(18(13-15)25-2)19(23)22-12-6-8-14-7-4-5-9-17(14)22/h10-11,13-14,17H,3-9,12H2,1-2H3,(H,21,24). The van der Waals surface area contributed by atoms with Gasteiger partial charge in [-0.3, -0.25) is 10.1 Å². The fraction of sp³-hybridized carbons (Fsp3) is 0.600. The van der Waals surface area contributed by atoms with Crippen molar-refractivity contribution in [2.75, 3.05) is 25.6 Å². The van der Waals surface area contributed by atoms with Crippen LogP contribution < -0.4 is 10.1 Å². The largest absolute Gasteiger partial charge is 0.496 e. The molecular weight excluding hydrogens is 332 g/mol. The number of likely N-dealkylation sites (tertiary alicyclic amines) is 1. The number of methoxy groups -OCH3 is 1. The molecule has 1 aliphatic heterocycles. The number of carbonyl (C=O) groups is 2. The van der Waals surface area contributed by atoms with E-state index in [2.05, 4.69) is 5.32 Å². The molecule has 1 saturated carbocycles. The molecule has 0 aromatic heterocycles. The van der Waals surface area contributed by atoms with Gasteiger partial charge in [-0.2, -0.15) is 0 Å². The summed E-state index contributed by atoms with van der Waals surface area (Å²) in [5, 5.41) is 2.64. The van der Waals surface area contributed by atoms with Gasteiger partial charge in [-0.05, 0) is 50.7 Å². The van der Waals surface area contributed by atoms with Gasteiger partial charge in [0.25, 0.3) is 5.91 Å². The molecule has 1 heterocycles. The molecule has 1 aromatic carbocycles. The SMILES string of the molecule is CCOC(=O)Nc1ccc(C(=O)N2CCCC3CCCCC32)c(OC)c1. The van der Waals surface area contributed by atoms with E-state index in [1.807, 2.05) is 4.90 Å². The highest BCUT2D eigenvalue weighted by atomic mass is 16.5. The van der Waals surface area contributed by atoms with Crippen molar-refractivity contribution in [1.82, 2.24) is 4.90 Å². The zero-order valence-electron chi connectivity index (χ0n) is 15.6. The predicted molar refractivity (Wildman–Crippen MR) is 99.7 cm³/mol. The van der Waals surface area contributed by atoms with Crippen molar-refractivity contribution in [3.63, 3.8) is 0 Å². The minimum Gasteiger partial charge on any atom is -0.496 e. The van der Waals surface area contributed by atoms with Crippen molar-refractivity contribution >= 4 is 17.7 Å². The van der Waals surface area contributed by atoms with Gasteiger partial charge in [0, 0.05) is 24.3 Å². The summed E-state index contributed by atoms with van der Waals surface area (Å²) in [6.45, 7) is 2.86. The number of rotatable bonds is 4. The van der Waals surface area contributed by atoms with Crippen LogP contribution in [0.4, 0.5) is 10.5 Å². The van der Waals surface area contributed by atoms with E-state index in [4.69, 9.17) is 9.47 Å². The Morgan fingerprint density at radius 3 is 2.73 bits per heavy atom. The lowest BCUT2D eigenvalue weighted by Crippen LogP contribution is -2.49. The Balaban J connectivity index is 1.78. The first-order valence-electron chi connectivity index (χ1n) is 9.56. The molecule has 0 radical (unpaired) electrons. The van der Waals surface area contributed by atoms with Gasteiger partial charge in [-0.1, -0.05) is 12.8 Å². The van der Waals surface area contributed by atoms with Gasteiger partial charge in [0.15, 0.2) is 0 Å². The topological polar surface area (TPSA) is 67.9 Å². The third-order valence-electron chi connectivity index (χ3n) is 5.46. The molecule has 142 valence electrons. The van der Waals surface area contributed by atoms with E-state index >= 15 is 0 Å². The van der Waals surface area contributed by atoms with Crippen molar-refractivity contribution in [2.45, 2.75) is 51.5 Å². The molecule has 6 nitrogen and oxygen atoms in total. The van der Waals surface area contributed by atoms with Gasteiger partial charge in [0.05, 0.1) is 19.3 Å². The molecule has 1 aromatic rings. The van der Waals surface area contributed by atoms with Gasteiger partial charge in [-0.15, -0.1) is 0 Å². The van der Waals surface area contributed by atoms with Crippen molar-refractivity contribution in [2.24, 2.45) is 5.92 Å². The predicted octanol–water partition coefficient (Wildman–Crippen LogP) is 4.06. The average Bonchev–Trinajstić information content (AvgIpc) is 2.67. The lowest BCUT2D eigenvalue weighted by Gasteiger charge is -2.44. The number of nitrogens with zero attached hydrogens (tertiary/aromatic N) is 1. The van der Waals surface area contributed by atoms with E-state index in [0.717, 1.165) is 19.4 Å². The number of amides is 2. The second-order valence-electron chi connectivity index (χ2n) is 7.01. The van der Waals surface area contributed by atoms with Crippen LogP contribution in [0.3, 0.4) is 0 Å². The van der Waals surface area contributed by atoms with E-state index < -0.39 is 6.09 Å².